The van der Waals surface area contributed by atoms with E-state index in [1.807, 2.05) is 0 Å². The van der Waals surface area contributed by atoms with Gasteiger partial charge in [0.25, 0.3) is 0 Å². The maximum absolute atomic E-state index is 12.4. The fraction of sp³-hybridized carbons (Fsp3) is 0.650. The van der Waals surface area contributed by atoms with Gasteiger partial charge in [0.05, 0.1) is 6.10 Å². The van der Waals surface area contributed by atoms with Crippen LogP contribution in [0.2, 0.25) is 0 Å². The summed E-state index contributed by atoms with van der Waals surface area (Å²) in [7, 11) is 0. The van der Waals surface area contributed by atoms with Crippen molar-refractivity contribution < 1.29 is 9.90 Å². The predicted octanol–water partition coefficient (Wildman–Crippen LogP) is 1.30. The molecule has 1 saturated carbocycles. The molecule has 1 aromatic rings. The summed E-state index contributed by atoms with van der Waals surface area (Å²) in [6, 6.07) is 10.7. The third kappa shape index (κ3) is 5.27. The van der Waals surface area contributed by atoms with Crippen molar-refractivity contribution in [1.29, 1.82) is 0 Å². The quantitative estimate of drug-likeness (QED) is 0.752. The first-order chi connectivity index (χ1) is 12.1. The van der Waals surface area contributed by atoms with Crippen molar-refractivity contribution in [3.63, 3.8) is 0 Å². The van der Waals surface area contributed by atoms with Crippen molar-refractivity contribution in [2.45, 2.75) is 56.7 Å². The molecule has 0 unspecified atom stereocenters. The Morgan fingerprint density at radius 1 is 1.16 bits per heavy atom. The fourth-order valence-corrected chi connectivity index (χ4v) is 3.96. The molecule has 1 aromatic carbocycles. The number of nitrogens with zero attached hydrogens (tertiary/aromatic N) is 1. The zero-order valence-electron chi connectivity index (χ0n) is 14.9. The topological polar surface area (TPSA) is 78.6 Å². The lowest BCUT2D eigenvalue weighted by Gasteiger charge is -2.34. The fourth-order valence-electron chi connectivity index (χ4n) is 3.96. The highest BCUT2D eigenvalue weighted by atomic mass is 16.3. The molecular formula is C20H31N3O2. The maximum atomic E-state index is 12.4. The van der Waals surface area contributed by atoms with Crippen molar-refractivity contribution in [2.24, 2.45) is 11.7 Å². The minimum Gasteiger partial charge on any atom is -0.391 e. The van der Waals surface area contributed by atoms with Gasteiger partial charge in [0.1, 0.15) is 0 Å². The van der Waals surface area contributed by atoms with Crippen LogP contribution < -0.4 is 11.1 Å². The standard InChI is InChI=1S/C20H31N3O2/c21-18-7-6-16(14-19(18)24)20(25)22-17-9-12-23(13-10-17)11-8-15-4-2-1-3-5-15/h1-5,16-19,24H,6-14,21H2,(H,22,25)/t16-,18-,19-/m0/s1. The normalized spacial score (nSPS) is 28.6. The molecule has 0 aromatic heterocycles. The molecular weight excluding hydrogens is 314 g/mol. The smallest absolute Gasteiger partial charge is 0.223 e. The number of likely N-dealkylation sites (tertiary alicyclic amines) is 1. The molecule has 0 bridgehead atoms. The van der Waals surface area contributed by atoms with Crippen LogP contribution in [0.3, 0.4) is 0 Å². The Morgan fingerprint density at radius 3 is 2.56 bits per heavy atom. The number of benzene rings is 1. The zero-order chi connectivity index (χ0) is 17.6. The highest BCUT2D eigenvalue weighted by molar-refractivity contribution is 5.79. The molecule has 1 aliphatic heterocycles. The third-order valence-electron chi connectivity index (χ3n) is 5.73. The van der Waals surface area contributed by atoms with Gasteiger partial charge in [-0.1, -0.05) is 30.3 Å². The molecule has 25 heavy (non-hydrogen) atoms. The molecule has 1 heterocycles. The number of rotatable bonds is 5. The Labute approximate surface area is 150 Å². The summed E-state index contributed by atoms with van der Waals surface area (Å²) >= 11 is 0. The highest BCUT2D eigenvalue weighted by Gasteiger charge is 2.32. The first kappa shape index (κ1) is 18.4. The molecule has 0 radical (unpaired) electrons. The Hall–Kier alpha value is -1.43. The van der Waals surface area contributed by atoms with E-state index in [2.05, 4.69) is 40.5 Å². The monoisotopic (exact) mass is 345 g/mol. The molecule has 5 heteroatoms. The van der Waals surface area contributed by atoms with E-state index in [9.17, 15) is 9.90 Å². The number of aliphatic hydroxyl groups is 1. The van der Waals surface area contributed by atoms with Crippen LogP contribution in [0.5, 0.6) is 0 Å². The molecule has 1 amide bonds. The van der Waals surface area contributed by atoms with Gasteiger partial charge in [-0.05, 0) is 44.1 Å². The summed E-state index contributed by atoms with van der Waals surface area (Å²) in [5, 5.41) is 13.1. The second-order valence-electron chi connectivity index (χ2n) is 7.60. The molecule has 3 rings (SSSR count). The summed E-state index contributed by atoms with van der Waals surface area (Å²) < 4.78 is 0. The van der Waals surface area contributed by atoms with Gasteiger partial charge in [-0.25, -0.2) is 0 Å². The van der Waals surface area contributed by atoms with E-state index in [-0.39, 0.29) is 23.9 Å². The highest BCUT2D eigenvalue weighted by Crippen LogP contribution is 2.24. The number of nitrogens with two attached hydrogens (primary N) is 1. The van der Waals surface area contributed by atoms with E-state index in [1.165, 1.54) is 5.56 Å². The van der Waals surface area contributed by atoms with Crippen molar-refractivity contribution >= 4 is 5.91 Å². The van der Waals surface area contributed by atoms with E-state index in [1.54, 1.807) is 0 Å². The van der Waals surface area contributed by atoms with E-state index >= 15 is 0 Å². The van der Waals surface area contributed by atoms with Crippen LogP contribution in [0.25, 0.3) is 0 Å². The van der Waals surface area contributed by atoms with Crippen LogP contribution in [-0.2, 0) is 11.2 Å². The number of hydrogen-bond donors (Lipinski definition) is 3. The number of hydrogen-bond acceptors (Lipinski definition) is 4. The molecule has 4 N–H and O–H groups in total. The van der Waals surface area contributed by atoms with Crippen LogP contribution in [0, 0.1) is 5.92 Å². The van der Waals surface area contributed by atoms with Gasteiger partial charge in [0, 0.05) is 37.6 Å². The van der Waals surface area contributed by atoms with Crippen molar-refractivity contribution in [3.05, 3.63) is 35.9 Å². The molecule has 2 fully saturated rings. The molecule has 138 valence electrons. The van der Waals surface area contributed by atoms with Crippen molar-refractivity contribution in [2.75, 3.05) is 19.6 Å². The van der Waals surface area contributed by atoms with Crippen LogP contribution in [0.1, 0.15) is 37.7 Å². The number of aliphatic hydroxyl groups excluding tert-OH is 1. The number of amides is 1. The third-order valence-corrected chi connectivity index (χ3v) is 5.73. The van der Waals surface area contributed by atoms with Gasteiger partial charge >= 0.3 is 0 Å². The summed E-state index contributed by atoms with van der Waals surface area (Å²) in [4.78, 5) is 14.9. The SMILES string of the molecule is N[C@H]1CC[C@H](C(=O)NC2CCN(CCc3ccccc3)CC2)C[C@@H]1O. The Morgan fingerprint density at radius 2 is 1.88 bits per heavy atom. The van der Waals surface area contributed by atoms with E-state index < -0.39 is 6.10 Å². The Kier molecular flexibility index (Phi) is 6.45. The number of piperidine rings is 1. The first-order valence-electron chi connectivity index (χ1n) is 9.62. The molecule has 0 spiro atoms. The summed E-state index contributed by atoms with van der Waals surface area (Å²) in [5.74, 6) is 0.0274. The van der Waals surface area contributed by atoms with Crippen LogP contribution >= 0.6 is 0 Å². The van der Waals surface area contributed by atoms with Gasteiger partial charge in [-0.15, -0.1) is 0 Å². The lowest BCUT2D eigenvalue weighted by molar-refractivity contribution is -0.128. The Bertz CT molecular complexity index is 543. The molecule has 1 aliphatic carbocycles. The van der Waals surface area contributed by atoms with Gasteiger partial charge < -0.3 is 21.1 Å². The zero-order valence-corrected chi connectivity index (χ0v) is 14.9. The largest absolute Gasteiger partial charge is 0.391 e. The van der Waals surface area contributed by atoms with Gasteiger partial charge in [-0.2, -0.15) is 0 Å². The Balaban J connectivity index is 1.37. The number of carbonyl (C=O) groups excluding carboxylic acids is 1. The van der Waals surface area contributed by atoms with Gasteiger partial charge in [0.15, 0.2) is 0 Å². The predicted molar refractivity (Wildman–Crippen MR) is 99.1 cm³/mol. The minimum absolute atomic E-state index is 0.0779. The van der Waals surface area contributed by atoms with E-state index in [0.29, 0.717) is 6.42 Å². The average molecular weight is 345 g/mol. The van der Waals surface area contributed by atoms with Crippen LogP contribution in [-0.4, -0.2) is 53.7 Å². The van der Waals surface area contributed by atoms with Crippen molar-refractivity contribution in [3.8, 4) is 0 Å². The molecule has 2 aliphatic rings. The minimum atomic E-state index is -0.538. The summed E-state index contributed by atoms with van der Waals surface area (Å²) in [6.07, 6.45) is 4.59. The van der Waals surface area contributed by atoms with Crippen LogP contribution in [0.15, 0.2) is 30.3 Å². The van der Waals surface area contributed by atoms with Crippen LogP contribution in [0.4, 0.5) is 0 Å². The summed E-state index contributed by atoms with van der Waals surface area (Å²) in [5.41, 5.74) is 7.20. The lowest BCUT2D eigenvalue weighted by atomic mass is 9.83. The molecule has 3 atom stereocenters. The van der Waals surface area contributed by atoms with E-state index in [0.717, 1.165) is 51.7 Å². The molecule has 1 saturated heterocycles. The maximum Gasteiger partial charge on any atom is 0.223 e. The lowest BCUT2D eigenvalue weighted by Crippen LogP contribution is -2.49. The molecule has 5 nitrogen and oxygen atoms in total. The average Bonchev–Trinajstić information content (AvgIpc) is 2.64. The second kappa shape index (κ2) is 8.79. The number of nitrogens with one attached hydrogen (secondary N) is 1. The number of carbonyl (C=O) groups is 1. The summed E-state index contributed by atoms with van der Waals surface area (Å²) in [6.45, 7) is 3.16. The first-order valence-corrected chi connectivity index (χ1v) is 9.62. The van der Waals surface area contributed by atoms with Gasteiger partial charge in [-0.3, -0.25) is 4.79 Å². The van der Waals surface area contributed by atoms with Crippen molar-refractivity contribution in [1.82, 2.24) is 10.2 Å². The van der Waals surface area contributed by atoms with Gasteiger partial charge in [0.2, 0.25) is 5.91 Å². The van der Waals surface area contributed by atoms with E-state index in [4.69, 9.17) is 5.73 Å². The second-order valence-corrected chi connectivity index (χ2v) is 7.60.